The fraction of sp³-hybridized carbons (Fsp3) is 0.300. The second kappa shape index (κ2) is 7.47. The van der Waals surface area contributed by atoms with Crippen molar-refractivity contribution in [3.63, 3.8) is 0 Å². The van der Waals surface area contributed by atoms with Gasteiger partial charge in [0.2, 0.25) is 0 Å². The number of hydrogen-bond donors (Lipinski definition) is 2. The van der Waals surface area contributed by atoms with Crippen LogP contribution in [-0.2, 0) is 9.59 Å². The second-order valence-electron chi connectivity index (χ2n) is 6.47. The maximum atomic E-state index is 12.4. The number of nitrogens with zero attached hydrogens (tertiary/aromatic N) is 2. The summed E-state index contributed by atoms with van der Waals surface area (Å²) in [5, 5.41) is 12.2. The molecule has 3 rings (SSSR count). The Kier molecular flexibility index (Phi) is 5.11. The van der Waals surface area contributed by atoms with Crippen molar-refractivity contribution in [3.05, 3.63) is 53.6 Å². The van der Waals surface area contributed by atoms with E-state index < -0.39 is 11.8 Å². The minimum atomic E-state index is -0.730. The minimum absolute atomic E-state index is 0.0617. The van der Waals surface area contributed by atoms with Crippen LogP contribution in [0.3, 0.4) is 0 Å². The molecule has 26 heavy (non-hydrogen) atoms. The summed E-state index contributed by atoms with van der Waals surface area (Å²) in [6.07, 6.45) is 0. The van der Waals surface area contributed by atoms with Crippen molar-refractivity contribution in [1.82, 2.24) is 4.90 Å². The summed E-state index contributed by atoms with van der Waals surface area (Å²) in [5.41, 5.74) is 3.89. The van der Waals surface area contributed by atoms with E-state index in [4.69, 9.17) is 0 Å². The highest BCUT2D eigenvalue weighted by molar-refractivity contribution is 6.39. The van der Waals surface area contributed by atoms with Crippen LogP contribution in [0.15, 0.2) is 42.5 Å². The molecule has 2 N–H and O–H groups in total. The van der Waals surface area contributed by atoms with Gasteiger partial charge < -0.3 is 20.2 Å². The standard InChI is InChI=1S/C20H23N3O3/c1-14-6-5-8-17(15(14)2)22-10-12-23(13-11-22)20(26)19(25)21-16-7-3-4-9-18(16)24/h3-9,24H,10-13H2,1-2H3,(H,21,25). The number of nitrogens with one attached hydrogen (secondary N) is 1. The highest BCUT2D eigenvalue weighted by Gasteiger charge is 2.27. The molecule has 1 fully saturated rings. The highest BCUT2D eigenvalue weighted by atomic mass is 16.3. The van der Waals surface area contributed by atoms with Crippen LogP contribution >= 0.6 is 0 Å². The number of carbonyl (C=O) groups is 2. The van der Waals surface area contributed by atoms with Gasteiger partial charge in [-0.15, -0.1) is 0 Å². The van der Waals surface area contributed by atoms with Crippen LogP contribution in [0.1, 0.15) is 11.1 Å². The monoisotopic (exact) mass is 353 g/mol. The SMILES string of the molecule is Cc1cccc(N2CCN(C(=O)C(=O)Nc3ccccc3O)CC2)c1C. The van der Waals surface area contributed by atoms with E-state index in [-0.39, 0.29) is 11.4 Å². The van der Waals surface area contributed by atoms with Crippen LogP contribution in [0.2, 0.25) is 0 Å². The van der Waals surface area contributed by atoms with Gasteiger partial charge in [0.25, 0.3) is 0 Å². The van der Waals surface area contributed by atoms with E-state index in [1.54, 1.807) is 23.1 Å². The van der Waals surface area contributed by atoms with Gasteiger partial charge in [0.1, 0.15) is 5.75 Å². The average Bonchev–Trinajstić information content (AvgIpc) is 2.65. The van der Waals surface area contributed by atoms with Crippen LogP contribution in [0, 0.1) is 13.8 Å². The molecule has 0 aliphatic carbocycles. The third kappa shape index (κ3) is 3.64. The summed E-state index contributed by atoms with van der Waals surface area (Å²) >= 11 is 0. The van der Waals surface area contributed by atoms with E-state index in [9.17, 15) is 14.7 Å². The van der Waals surface area contributed by atoms with E-state index >= 15 is 0 Å². The molecular formula is C20H23N3O3. The van der Waals surface area contributed by atoms with Gasteiger partial charge in [-0.25, -0.2) is 0 Å². The molecule has 0 spiro atoms. The van der Waals surface area contributed by atoms with Gasteiger partial charge in [0, 0.05) is 31.9 Å². The molecule has 136 valence electrons. The molecule has 0 unspecified atom stereocenters. The van der Waals surface area contributed by atoms with Crippen LogP contribution in [0.25, 0.3) is 0 Å². The van der Waals surface area contributed by atoms with Crippen molar-refractivity contribution in [1.29, 1.82) is 0 Å². The Hall–Kier alpha value is -3.02. The third-order valence-electron chi connectivity index (χ3n) is 4.83. The lowest BCUT2D eigenvalue weighted by molar-refractivity contribution is -0.143. The molecule has 2 amide bonds. The van der Waals surface area contributed by atoms with Crippen LogP contribution in [0.4, 0.5) is 11.4 Å². The maximum Gasteiger partial charge on any atom is 0.314 e. The summed E-state index contributed by atoms with van der Waals surface area (Å²) < 4.78 is 0. The largest absolute Gasteiger partial charge is 0.506 e. The summed E-state index contributed by atoms with van der Waals surface area (Å²) in [5.74, 6) is -1.37. The quantitative estimate of drug-likeness (QED) is 0.642. The predicted molar refractivity (Wildman–Crippen MR) is 101 cm³/mol. The fourth-order valence-electron chi connectivity index (χ4n) is 3.13. The lowest BCUT2D eigenvalue weighted by atomic mass is 10.1. The fourth-order valence-corrected chi connectivity index (χ4v) is 3.13. The zero-order valence-corrected chi connectivity index (χ0v) is 15.0. The van der Waals surface area contributed by atoms with E-state index in [1.807, 2.05) is 6.07 Å². The number of phenols is 1. The Balaban J connectivity index is 1.60. The number of benzene rings is 2. The zero-order valence-electron chi connectivity index (χ0n) is 15.0. The summed E-state index contributed by atoms with van der Waals surface area (Å²) in [7, 11) is 0. The Morgan fingerprint density at radius 1 is 0.962 bits per heavy atom. The van der Waals surface area contributed by atoms with Gasteiger partial charge in [0.15, 0.2) is 0 Å². The number of aromatic hydroxyl groups is 1. The van der Waals surface area contributed by atoms with Gasteiger partial charge in [-0.1, -0.05) is 24.3 Å². The summed E-state index contributed by atoms with van der Waals surface area (Å²) in [6.45, 7) is 6.52. The predicted octanol–water partition coefficient (Wildman–Crippen LogP) is 2.30. The van der Waals surface area contributed by atoms with Crippen molar-refractivity contribution in [2.24, 2.45) is 0 Å². The number of phenolic OH excluding ortho intramolecular Hbond substituents is 1. The molecule has 0 bridgehead atoms. The zero-order chi connectivity index (χ0) is 18.7. The number of aryl methyl sites for hydroxylation is 1. The Morgan fingerprint density at radius 3 is 2.35 bits per heavy atom. The molecule has 6 heteroatoms. The number of para-hydroxylation sites is 2. The maximum absolute atomic E-state index is 12.4. The number of amides is 2. The summed E-state index contributed by atoms with van der Waals surface area (Å²) in [6, 6.07) is 12.6. The molecule has 0 saturated carbocycles. The van der Waals surface area contributed by atoms with Crippen LogP contribution < -0.4 is 10.2 Å². The lowest BCUT2D eigenvalue weighted by Gasteiger charge is -2.36. The number of rotatable bonds is 2. The molecule has 1 aliphatic heterocycles. The Labute approximate surface area is 153 Å². The topological polar surface area (TPSA) is 72.9 Å². The molecule has 1 heterocycles. The van der Waals surface area contributed by atoms with Gasteiger partial charge >= 0.3 is 11.8 Å². The number of carbonyl (C=O) groups excluding carboxylic acids is 2. The van der Waals surface area contributed by atoms with Crippen molar-refractivity contribution in [2.75, 3.05) is 36.4 Å². The van der Waals surface area contributed by atoms with Crippen molar-refractivity contribution >= 4 is 23.2 Å². The molecule has 0 atom stereocenters. The number of anilines is 2. The van der Waals surface area contributed by atoms with Crippen LogP contribution in [-0.4, -0.2) is 48.0 Å². The van der Waals surface area contributed by atoms with E-state index in [0.29, 0.717) is 26.2 Å². The third-order valence-corrected chi connectivity index (χ3v) is 4.83. The molecule has 2 aromatic rings. The average molecular weight is 353 g/mol. The molecule has 1 saturated heterocycles. The van der Waals surface area contributed by atoms with Crippen molar-refractivity contribution in [2.45, 2.75) is 13.8 Å². The molecule has 6 nitrogen and oxygen atoms in total. The second-order valence-corrected chi connectivity index (χ2v) is 6.47. The molecule has 2 aromatic carbocycles. The van der Waals surface area contributed by atoms with Gasteiger partial charge in [0.05, 0.1) is 5.69 Å². The Morgan fingerprint density at radius 2 is 1.65 bits per heavy atom. The first-order chi connectivity index (χ1) is 12.5. The van der Waals surface area contributed by atoms with Gasteiger partial charge in [-0.3, -0.25) is 9.59 Å². The molecular weight excluding hydrogens is 330 g/mol. The van der Waals surface area contributed by atoms with Gasteiger partial charge in [-0.05, 0) is 43.2 Å². The number of piperazine rings is 1. The van der Waals surface area contributed by atoms with Crippen LogP contribution in [0.5, 0.6) is 5.75 Å². The number of hydrogen-bond acceptors (Lipinski definition) is 4. The molecule has 1 aliphatic rings. The van der Waals surface area contributed by atoms with Crippen molar-refractivity contribution in [3.8, 4) is 5.75 Å². The summed E-state index contributed by atoms with van der Waals surface area (Å²) in [4.78, 5) is 28.4. The molecule has 0 radical (unpaired) electrons. The van der Waals surface area contributed by atoms with E-state index in [1.165, 1.54) is 22.9 Å². The Bertz CT molecular complexity index is 827. The first-order valence-electron chi connectivity index (χ1n) is 8.67. The normalized spacial score (nSPS) is 14.2. The first-order valence-corrected chi connectivity index (χ1v) is 8.67. The molecule has 0 aromatic heterocycles. The first kappa shape index (κ1) is 17.8. The highest BCUT2D eigenvalue weighted by Crippen LogP contribution is 2.24. The van der Waals surface area contributed by atoms with E-state index in [0.717, 1.165) is 0 Å². The van der Waals surface area contributed by atoms with Crippen molar-refractivity contribution < 1.29 is 14.7 Å². The van der Waals surface area contributed by atoms with Gasteiger partial charge in [-0.2, -0.15) is 0 Å². The minimum Gasteiger partial charge on any atom is -0.506 e. The smallest absolute Gasteiger partial charge is 0.314 e. The van der Waals surface area contributed by atoms with E-state index in [2.05, 4.69) is 36.2 Å². The lowest BCUT2D eigenvalue weighted by Crippen LogP contribution is -2.51.